The normalized spacial score (nSPS) is 11.6. The van der Waals surface area contributed by atoms with Gasteiger partial charge < -0.3 is 14.2 Å². The second-order valence-corrected chi connectivity index (χ2v) is 6.66. The molecule has 0 radical (unpaired) electrons. The number of aromatic hydroxyl groups is 1. The fourth-order valence-corrected chi connectivity index (χ4v) is 3.82. The van der Waals surface area contributed by atoms with Gasteiger partial charge in [-0.15, -0.1) is 0 Å². The second kappa shape index (κ2) is 5.71. The van der Waals surface area contributed by atoms with Gasteiger partial charge in [-0.3, -0.25) is 9.78 Å². The number of benzene rings is 2. The lowest BCUT2D eigenvalue weighted by Crippen LogP contribution is -2.12. The molecule has 3 heterocycles. The summed E-state index contributed by atoms with van der Waals surface area (Å²) in [5.74, 6) is 0.812. The van der Waals surface area contributed by atoms with Gasteiger partial charge in [0.15, 0.2) is 5.43 Å². The van der Waals surface area contributed by atoms with Crippen LogP contribution in [-0.4, -0.2) is 21.6 Å². The van der Waals surface area contributed by atoms with E-state index in [0.717, 1.165) is 33.1 Å². The monoisotopic (exact) mass is 356 g/mol. The average molecular weight is 356 g/mol. The van der Waals surface area contributed by atoms with Crippen LogP contribution in [0.15, 0.2) is 65.8 Å². The molecular weight excluding hydrogens is 340 g/mol. The van der Waals surface area contributed by atoms with E-state index in [1.165, 1.54) is 0 Å². The Morgan fingerprint density at radius 3 is 2.74 bits per heavy atom. The number of hydrogen-bond donors (Lipinski definition) is 1. The molecule has 0 saturated carbocycles. The zero-order valence-corrected chi connectivity index (χ0v) is 14.6. The van der Waals surface area contributed by atoms with Crippen LogP contribution in [0.5, 0.6) is 11.5 Å². The average Bonchev–Trinajstić information content (AvgIpc) is 2.99. The molecule has 0 aliphatic carbocycles. The maximum absolute atomic E-state index is 13.1. The molecule has 0 amide bonds. The first-order valence-corrected chi connectivity index (χ1v) is 8.64. The molecule has 0 fully saturated rings. The fraction of sp³-hybridized carbons (Fsp3) is 0.0909. The Morgan fingerprint density at radius 2 is 1.96 bits per heavy atom. The van der Waals surface area contributed by atoms with Crippen LogP contribution < -0.4 is 10.2 Å². The van der Waals surface area contributed by atoms with Crippen LogP contribution >= 0.6 is 0 Å². The number of methoxy groups -OCH3 is 1. The molecule has 3 aromatic heterocycles. The Bertz CT molecular complexity index is 1360. The fourth-order valence-electron chi connectivity index (χ4n) is 3.82. The standard InChI is InChI=1S/C22H16N2O3/c1-27-16-4-5-20-17(10-16)18-8-15(25)9-19-21(18)24(20)12-14(22(19)26)7-13-3-2-6-23-11-13/h2-6,8-12,25H,7H2,1H3. The number of nitrogens with zero attached hydrogens (tertiary/aromatic N) is 2. The minimum absolute atomic E-state index is 0.0676. The van der Waals surface area contributed by atoms with Gasteiger partial charge in [0.2, 0.25) is 0 Å². The summed E-state index contributed by atoms with van der Waals surface area (Å²) in [7, 11) is 1.62. The minimum Gasteiger partial charge on any atom is -0.508 e. The summed E-state index contributed by atoms with van der Waals surface area (Å²) >= 11 is 0. The third kappa shape index (κ3) is 2.32. The van der Waals surface area contributed by atoms with E-state index in [9.17, 15) is 9.90 Å². The van der Waals surface area contributed by atoms with Crippen molar-refractivity contribution in [3.8, 4) is 11.5 Å². The first-order valence-electron chi connectivity index (χ1n) is 8.64. The van der Waals surface area contributed by atoms with Crippen LogP contribution in [0, 0.1) is 0 Å². The molecule has 0 spiro atoms. The molecule has 0 aliphatic rings. The Morgan fingerprint density at radius 1 is 1.11 bits per heavy atom. The summed E-state index contributed by atoms with van der Waals surface area (Å²) in [6.45, 7) is 0. The molecule has 0 atom stereocenters. The topological polar surface area (TPSA) is 63.8 Å². The lowest BCUT2D eigenvalue weighted by molar-refractivity contribution is 0.415. The number of ether oxygens (including phenoxy) is 1. The van der Waals surface area contributed by atoms with Gasteiger partial charge in [0, 0.05) is 41.3 Å². The zero-order valence-electron chi connectivity index (χ0n) is 14.6. The Labute approximate surface area is 154 Å². The van der Waals surface area contributed by atoms with Crippen molar-refractivity contribution < 1.29 is 9.84 Å². The van der Waals surface area contributed by atoms with Crippen LogP contribution in [0.4, 0.5) is 0 Å². The molecule has 5 heteroatoms. The SMILES string of the molecule is COc1ccc2c(c1)c1cc(O)cc3c(=O)c(Cc4cccnc4)cn2c31. The molecule has 1 N–H and O–H groups in total. The molecule has 27 heavy (non-hydrogen) atoms. The first-order chi connectivity index (χ1) is 13.2. The molecular formula is C22H16N2O3. The number of fused-ring (bicyclic) bond motifs is 3. The summed E-state index contributed by atoms with van der Waals surface area (Å²) in [5.41, 5.74) is 3.35. The molecule has 2 aromatic carbocycles. The third-order valence-corrected chi connectivity index (χ3v) is 5.03. The van der Waals surface area contributed by atoms with Crippen molar-refractivity contribution in [2.75, 3.05) is 7.11 Å². The number of phenols is 1. The predicted octanol–water partition coefficient (Wildman–Crippen LogP) is 3.74. The van der Waals surface area contributed by atoms with Crippen molar-refractivity contribution in [2.45, 2.75) is 6.42 Å². The van der Waals surface area contributed by atoms with Gasteiger partial charge in [0.1, 0.15) is 11.5 Å². The van der Waals surface area contributed by atoms with Gasteiger partial charge in [-0.25, -0.2) is 0 Å². The number of aromatic nitrogens is 2. The van der Waals surface area contributed by atoms with Crippen LogP contribution in [-0.2, 0) is 6.42 Å². The van der Waals surface area contributed by atoms with E-state index in [0.29, 0.717) is 17.4 Å². The molecule has 0 aliphatic heterocycles. The van der Waals surface area contributed by atoms with Crippen molar-refractivity contribution in [2.24, 2.45) is 0 Å². The molecule has 5 rings (SSSR count). The van der Waals surface area contributed by atoms with Gasteiger partial charge in [0.05, 0.1) is 23.5 Å². The van der Waals surface area contributed by atoms with Crippen molar-refractivity contribution in [3.05, 3.63) is 82.4 Å². The predicted molar refractivity (Wildman–Crippen MR) is 105 cm³/mol. The smallest absolute Gasteiger partial charge is 0.193 e. The van der Waals surface area contributed by atoms with Gasteiger partial charge in [-0.1, -0.05) is 6.07 Å². The maximum Gasteiger partial charge on any atom is 0.193 e. The van der Waals surface area contributed by atoms with E-state index >= 15 is 0 Å². The van der Waals surface area contributed by atoms with Crippen LogP contribution in [0.25, 0.3) is 27.2 Å². The highest BCUT2D eigenvalue weighted by molar-refractivity contribution is 6.14. The lowest BCUT2D eigenvalue weighted by atomic mass is 10.0. The Hall–Kier alpha value is -3.60. The third-order valence-electron chi connectivity index (χ3n) is 5.03. The van der Waals surface area contributed by atoms with E-state index in [1.54, 1.807) is 31.6 Å². The van der Waals surface area contributed by atoms with Crippen molar-refractivity contribution in [1.29, 1.82) is 0 Å². The quantitative estimate of drug-likeness (QED) is 0.535. The largest absolute Gasteiger partial charge is 0.508 e. The highest BCUT2D eigenvalue weighted by atomic mass is 16.5. The highest BCUT2D eigenvalue weighted by Crippen LogP contribution is 2.35. The molecule has 132 valence electrons. The molecule has 5 nitrogen and oxygen atoms in total. The Kier molecular flexibility index (Phi) is 3.31. The molecule has 0 unspecified atom stereocenters. The van der Waals surface area contributed by atoms with E-state index < -0.39 is 0 Å². The van der Waals surface area contributed by atoms with E-state index in [4.69, 9.17) is 4.74 Å². The molecule has 0 saturated heterocycles. The van der Waals surface area contributed by atoms with Crippen molar-refractivity contribution in [1.82, 2.24) is 9.38 Å². The number of hydrogen-bond acceptors (Lipinski definition) is 4. The minimum atomic E-state index is -0.0676. The second-order valence-electron chi connectivity index (χ2n) is 6.66. The number of pyridine rings is 2. The van der Waals surface area contributed by atoms with Gasteiger partial charge in [-0.05, 0) is 42.0 Å². The molecule has 0 bridgehead atoms. The summed E-state index contributed by atoms with van der Waals surface area (Å²) in [5, 5.41) is 12.5. The zero-order chi connectivity index (χ0) is 18.5. The van der Waals surface area contributed by atoms with E-state index in [1.807, 2.05) is 40.9 Å². The van der Waals surface area contributed by atoms with Crippen molar-refractivity contribution in [3.63, 3.8) is 0 Å². The van der Waals surface area contributed by atoms with Gasteiger partial charge in [-0.2, -0.15) is 0 Å². The summed E-state index contributed by atoms with van der Waals surface area (Å²) in [6.07, 6.45) is 5.86. The van der Waals surface area contributed by atoms with Crippen LogP contribution in [0.3, 0.4) is 0 Å². The van der Waals surface area contributed by atoms with Crippen molar-refractivity contribution >= 4 is 27.2 Å². The summed E-state index contributed by atoms with van der Waals surface area (Å²) < 4.78 is 7.38. The lowest BCUT2D eigenvalue weighted by Gasteiger charge is -2.07. The molecule has 5 aromatic rings. The van der Waals surface area contributed by atoms with Gasteiger partial charge >= 0.3 is 0 Å². The number of rotatable bonds is 3. The van der Waals surface area contributed by atoms with E-state index in [2.05, 4.69) is 4.98 Å². The summed E-state index contributed by atoms with van der Waals surface area (Å²) in [6, 6.07) is 12.9. The first kappa shape index (κ1) is 15.6. The van der Waals surface area contributed by atoms with Crippen LogP contribution in [0.1, 0.15) is 11.1 Å². The number of phenolic OH excluding ortho intramolecular Hbond substituents is 1. The summed E-state index contributed by atoms with van der Waals surface area (Å²) in [4.78, 5) is 17.3. The van der Waals surface area contributed by atoms with Crippen LogP contribution in [0.2, 0.25) is 0 Å². The maximum atomic E-state index is 13.1. The Balaban J connectivity index is 1.89. The van der Waals surface area contributed by atoms with E-state index in [-0.39, 0.29) is 11.2 Å². The highest BCUT2D eigenvalue weighted by Gasteiger charge is 2.17. The van der Waals surface area contributed by atoms with Gasteiger partial charge in [0.25, 0.3) is 0 Å².